The van der Waals surface area contributed by atoms with E-state index in [9.17, 15) is 4.79 Å². The maximum absolute atomic E-state index is 12.4. The van der Waals surface area contributed by atoms with Gasteiger partial charge in [-0.1, -0.05) is 12.1 Å². The summed E-state index contributed by atoms with van der Waals surface area (Å²) in [5, 5.41) is 0. The second kappa shape index (κ2) is 7.82. The molecule has 1 heterocycles. The SMILES string of the molecule is COc1ccc(CN(C)C(=O)/C=C/c2ccc3c(c2)OCO3)cc1OC. The summed E-state index contributed by atoms with van der Waals surface area (Å²) in [6.45, 7) is 0.695. The summed E-state index contributed by atoms with van der Waals surface area (Å²) in [5.41, 5.74) is 1.83. The molecule has 0 saturated carbocycles. The van der Waals surface area contributed by atoms with Crippen LogP contribution in [0.5, 0.6) is 23.0 Å². The first kappa shape index (κ1) is 17.7. The predicted octanol–water partition coefficient (Wildman–Crippen LogP) is 3.10. The van der Waals surface area contributed by atoms with Gasteiger partial charge in [-0.3, -0.25) is 4.79 Å². The smallest absolute Gasteiger partial charge is 0.246 e. The van der Waals surface area contributed by atoms with Crippen molar-refractivity contribution in [3.63, 3.8) is 0 Å². The molecule has 0 bridgehead atoms. The summed E-state index contributed by atoms with van der Waals surface area (Å²) in [6.07, 6.45) is 3.30. The Morgan fingerprint density at radius 1 is 1.08 bits per heavy atom. The molecule has 1 amide bonds. The molecule has 0 aliphatic carbocycles. The van der Waals surface area contributed by atoms with Crippen LogP contribution >= 0.6 is 0 Å². The van der Waals surface area contributed by atoms with Gasteiger partial charge < -0.3 is 23.8 Å². The van der Waals surface area contributed by atoms with Gasteiger partial charge in [0.2, 0.25) is 12.7 Å². The van der Waals surface area contributed by atoms with Gasteiger partial charge in [0.05, 0.1) is 14.2 Å². The molecule has 0 fully saturated rings. The molecule has 0 aromatic heterocycles. The zero-order chi connectivity index (χ0) is 18.5. The molecule has 2 aromatic carbocycles. The average molecular weight is 355 g/mol. The van der Waals surface area contributed by atoms with E-state index in [1.165, 1.54) is 6.08 Å². The van der Waals surface area contributed by atoms with Gasteiger partial charge in [-0.25, -0.2) is 0 Å². The fourth-order valence-electron chi connectivity index (χ4n) is 2.64. The minimum atomic E-state index is -0.0996. The monoisotopic (exact) mass is 355 g/mol. The molecule has 0 atom stereocenters. The number of nitrogens with zero attached hydrogens (tertiary/aromatic N) is 1. The van der Waals surface area contributed by atoms with Crippen LogP contribution in [0.15, 0.2) is 42.5 Å². The van der Waals surface area contributed by atoms with E-state index in [0.717, 1.165) is 16.9 Å². The molecule has 0 saturated heterocycles. The van der Waals surface area contributed by atoms with Crippen LogP contribution in [0.25, 0.3) is 6.08 Å². The number of ether oxygens (including phenoxy) is 4. The number of carbonyl (C=O) groups excluding carboxylic acids is 1. The van der Waals surface area contributed by atoms with Crippen LogP contribution < -0.4 is 18.9 Å². The quantitative estimate of drug-likeness (QED) is 0.745. The lowest BCUT2D eigenvalue weighted by Gasteiger charge is -2.16. The minimum absolute atomic E-state index is 0.0996. The van der Waals surface area contributed by atoms with E-state index in [0.29, 0.717) is 23.8 Å². The van der Waals surface area contributed by atoms with Crippen molar-refractivity contribution in [3.8, 4) is 23.0 Å². The first-order valence-corrected chi connectivity index (χ1v) is 8.14. The Morgan fingerprint density at radius 3 is 2.62 bits per heavy atom. The molecule has 6 heteroatoms. The molecule has 0 unspecified atom stereocenters. The number of fused-ring (bicyclic) bond motifs is 1. The summed E-state index contributed by atoms with van der Waals surface area (Å²) in [6, 6.07) is 11.2. The van der Waals surface area contributed by atoms with E-state index in [1.807, 2.05) is 36.4 Å². The number of likely N-dealkylation sites (N-methyl/N-ethyl adjacent to an activating group) is 1. The van der Waals surface area contributed by atoms with E-state index >= 15 is 0 Å². The highest BCUT2D eigenvalue weighted by Gasteiger charge is 2.13. The highest BCUT2D eigenvalue weighted by Crippen LogP contribution is 2.32. The van der Waals surface area contributed by atoms with Crippen LogP contribution in [0.4, 0.5) is 0 Å². The Balaban J connectivity index is 1.64. The lowest BCUT2D eigenvalue weighted by Crippen LogP contribution is -2.24. The van der Waals surface area contributed by atoms with Crippen LogP contribution in [0.3, 0.4) is 0 Å². The van der Waals surface area contributed by atoms with Gasteiger partial charge in [-0.2, -0.15) is 0 Å². The Kier molecular flexibility index (Phi) is 5.31. The molecule has 0 spiro atoms. The van der Waals surface area contributed by atoms with Crippen LogP contribution in [-0.4, -0.2) is 38.9 Å². The number of rotatable bonds is 6. The summed E-state index contributed by atoms with van der Waals surface area (Å²) >= 11 is 0. The molecule has 6 nitrogen and oxygen atoms in total. The van der Waals surface area contributed by atoms with Crippen LogP contribution in [0, 0.1) is 0 Å². The maximum atomic E-state index is 12.4. The number of hydrogen-bond donors (Lipinski definition) is 0. The van der Waals surface area contributed by atoms with Crippen LogP contribution in [0.2, 0.25) is 0 Å². The van der Waals surface area contributed by atoms with E-state index < -0.39 is 0 Å². The van der Waals surface area contributed by atoms with E-state index in [-0.39, 0.29) is 12.7 Å². The van der Waals surface area contributed by atoms with Crippen molar-refractivity contribution in [2.75, 3.05) is 28.1 Å². The van der Waals surface area contributed by atoms with Gasteiger partial charge in [0.25, 0.3) is 0 Å². The molecule has 1 aliphatic rings. The third-order valence-corrected chi connectivity index (χ3v) is 4.06. The highest BCUT2D eigenvalue weighted by molar-refractivity contribution is 5.91. The van der Waals surface area contributed by atoms with Gasteiger partial charge in [-0.05, 0) is 41.5 Å². The van der Waals surface area contributed by atoms with E-state index in [4.69, 9.17) is 18.9 Å². The molecule has 26 heavy (non-hydrogen) atoms. The molecular weight excluding hydrogens is 334 g/mol. The van der Waals surface area contributed by atoms with Gasteiger partial charge >= 0.3 is 0 Å². The van der Waals surface area contributed by atoms with Gasteiger partial charge in [-0.15, -0.1) is 0 Å². The molecule has 1 aliphatic heterocycles. The molecule has 136 valence electrons. The lowest BCUT2D eigenvalue weighted by atomic mass is 10.1. The van der Waals surface area contributed by atoms with Gasteiger partial charge in [0.15, 0.2) is 23.0 Å². The number of methoxy groups -OCH3 is 2. The van der Waals surface area contributed by atoms with Crippen molar-refractivity contribution in [3.05, 3.63) is 53.6 Å². The fraction of sp³-hybridized carbons (Fsp3) is 0.250. The van der Waals surface area contributed by atoms with Crippen LogP contribution in [0.1, 0.15) is 11.1 Å². The topological polar surface area (TPSA) is 57.2 Å². The number of hydrogen-bond acceptors (Lipinski definition) is 5. The lowest BCUT2D eigenvalue weighted by molar-refractivity contribution is -0.125. The Hall–Kier alpha value is -3.15. The predicted molar refractivity (Wildman–Crippen MR) is 97.6 cm³/mol. The third kappa shape index (κ3) is 3.91. The summed E-state index contributed by atoms with van der Waals surface area (Å²) in [7, 11) is 4.93. The van der Waals surface area contributed by atoms with Gasteiger partial charge in [0.1, 0.15) is 0 Å². The van der Waals surface area contributed by atoms with Crippen LogP contribution in [-0.2, 0) is 11.3 Å². The molecule has 2 aromatic rings. The summed E-state index contributed by atoms with van der Waals surface area (Å²) in [5.74, 6) is 2.62. The third-order valence-electron chi connectivity index (χ3n) is 4.06. The first-order valence-electron chi connectivity index (χ1n) is 8.14. The zero-order valence-electron chi connectivity index (χ0n) is 15.0. The second-order valence-corrected chi connectivity index (χ2v) is 5.83. The normalized spacial score (nSPS) is 12.3. The van der Waals surface area contributed by atoms with Crippen molar-refractivity contribution < 1.29 is 23.7 Å². The average Bonchev–Trinajstić information content (AvgIpc) is 3.13. The molecule has 0 radical (unpaired) electrons. The fourth-order valence-corrected chi connectivity index (χ4v) is 2.64. The van der Waals surface area contributed by atoms with Crippen molar-refractivity contribution >= 4 is 12.0 Å². The second-order valence-electron chi connectivity index (χ2n) is 5.83. The first-order chi connectivity index (χ1) is 12.6. The number of amides is 1. The van der Waals surface area contributed by atoms with E-state index in [1.54, 1.807) is 32.2 Å². The van der Waals surface area contributed by atoms with Crippen molar-refractivity contribution in [1.29, 1.82) is 0 Å². The zero-order valence-corrected chi connectivity index (χ0v) is 15.0. The molecular formula is C20H21NO5. The minimum Gasteiger partial charge on any atom is -0.493 e. The number of benzene rings is 2. The summed E-state index contributed by atoms with van der Waals surface area (Å²) in [4.78, 5) is 14.0. The highest BCUT2D eigenvalue weighted by atomic mass is 16.7. The van der Waals surface area contributed by atoms with Crippen molar-refractivity contribution in [1.82, 2.24) is 4.90 Å². The Labute approximate surface area is 152 Å². The van der Waals surface area contributed by atoms with Gasteiger partial charge in [0, 0.05) is 19.7 Å². The Morgan fingerprint density at radius 2 is 1.85 bits per heavy atom. The molecule has 0 N–H and O–H groups in total. The number of carbonyl (C=O) groups is 1. The molecule has 3 rings (SSSR count). The summed E-state index contributed by atoms with van der Waals surface area (Å²) < 4.78 is 21.1. The van der Waals surface area contributed by atoms with Crippen molar-refractivity contribution in [2.45, 2.75) is 6.54 Å². The van der Waals surface area contributed by atoms with E-state index in [2.05, 4.69) is 0 Å². The van der Waals surface area contributed by atoms with Crippen molar-refractivity contribution in [2.24, 2.45) is 0 Å². The largest absolute Gasteiger partial charge is 0.493 e. The maximum Gasteiger partial charge on any atom is 0.246 e. The standard InChI is InChI=1S/C20H21NO5/c1-21(12-15-5-7-16(23-2)18(11-15)24-3)20(22)9-6-14-4-8-17-19(10-14)26-13-25-17/h4-11H,12-13H2,1-3H3/b9-6+. The Bertz CT molecular complexity index is 831.